The van der Waals surface area contributed by atoms with Gasteiger partial charge in [-0.2, -0.15) is 0 Å². The monoisotopic (exact) mass is 286 g/mol. The number of rotatable bonds is 5. The number of benzene rings is 1. The Morgan fingerprint density at radius 1 is 1.33 bits per heavy atom. The predicted octanol–water partition coefficient (Wildman–Crippen LogP) is 2.64. The molecule has 1 fully saturated rings. The highest BCUT2D eigenvalue weighted by Crippen LogP contribution is 2.51. The third kappa shape index (κ3) is 4.02. The number of hydrogen-bond acceptors (Lipinski definition) is 3. The quantitative estimate of drug-likeness (QED) is 0.616. The SMILES string of the molecule is [B]c1cc(C2(CCC(=O)OC(C)(C)C)CC2)ccc1OC. The summed E-state index contributed by atoms with van der Waals surface area (Å²) in [6.07, 6.45) is 3.46. The van der Waals surface area contributed by atoms with E-state index in [2.05, 4.69) is 6.07 Å². The van der Waals surface area contributed by atoms with Gasteiger partial charge in [0.15, 0.2) is 0 Å². The summed E-state index contributed by atoms with van der Waals surface area (Å²) < 4.78 is 10.6. The third-order valence-electron chi connectivity index (χ3n) is 3.92. The van der Waals surface area contributed by atoms with Gasteiger partial charge < -0.3 is 9.47 Å². The first-order chi connectivity index (χ1) is 9.76. The summed E-state index contributed by atoms with van der Waals surface area (Å²) in [7, 11) is 7.59. The van der Waals surface area contributed by atoms with E-state index in [1.807, 2.05) is 32.9 Å². The van der Waals surface area contributed by atoms with Gasteiger partial charge in [-0.1, -0.05) is 17.6 Å². The Balaban J connectivity index is 2.00. The van der Waals surface area contributed by atoms with Crippen LogP contribution in [0.3, 0.4) is 0 Å². The van der Waals surface area contributed by atoms with Gasteiger partial charge in [0, 0.05) is 6.42 Å². The number of esters is 1. The molecule has 0 unspecified atom stereocenters. The fraction of sp³-hybridized carbons (Fsp3) is 0.588. The molecule has 0 heterocycles. The van der Waals surface area contributed by atoms with Gasteiger partial charge in [-0.15, -0.1) is 0 Å². The number of ether oxygens (including phenoxy) is 2. The van der Waals surface area contributed by atoms with Crippen molar-refractivity contribution in [2.24, 2.45) is 0 Å². The van der Waals surface area contributed by atoms with Crippen molar-refractivity contribution >= 4 is 19.3 Å². The zero-order valence-corrected chi connectivity index (χ0v) is 13.4. The van der Waals surface area contributed by atoms with E-state index in [9.17, 15) is 4.79 Å². The van der Waals surface area contributed by atoms with Crippen molar-refractivity contribution in [2.45, 2.75) is 57.5 Å². The van der Waals surface area contributed by atoms with E-state index in [0.717, 1.165) is 19.3 Å². The predicted molar refractivity (Wildman–Crippen MR) is 84.4 cm³/mol. The summed E-state index contributed by atoms with van der Waals surface area (Å²) in [6.45, 7) is 5.67. The minimum atomic E-state index is -0.418. The molecule has 0 aromatic heterocycles. The lowest BCUT2D eigenvalue weighted by Crippen LogP contribution is -2.24. The Kier molecular flexibility index (Phi) is 4.36. The summed E-state index contributed by atoms with van der Waals surface area (Å²) in [6, 6.07) is 5.93. The third-order valence-corrected chi connectivity index (χ3v) is 3.92. The topological polar surface area (TPSA) is 35.5 Å². The molecule has 0 N–H and O–H groups in total. The van der Waals surface area contributed by atoms with Crippen molar-refractivity contribution in [3.05, 3.63) is 23.8 Å². The van der Waals surface area contributed by atoms with Gasteiger partial charge in [0.2, 0.25) is 0 Å². The van der Waals surface area contributed by atoms with Crippen molar-refractivity contribution in [3.63, 3.8) is 0 Å². The summed E-state index contributed by atoms with van der Waals surface area (Å²) in [5.74, 6) is 0.567. The maximum atomic E-state index is 11.9. The molecule has 21 heavy (non-hydrogen) atoms. The molecule has 1 saturated carbocycles. The average molecular weight is 286 g/mol. The first-order valence-electron chi connectivity index (χ1n) is 7.42. The fourth-order valence-corrected chi connectivity index (χ4v) is 2.63. The minimum absolute atomic E-state index is 0.0945. The largest absolute Gasteiger partial charge is 0.497 e. The molecule has 0 amide bonds. The molecule has 2 rings (SSSR count). The van der Waals surface area contributed by atoms with Crippen LogP contribution in [0.4, 0.5) is 0 Å². The molecule has 0 spiro atoms. The first-order valence-corrected chi connectivity index (χ1v) is 7.42. The molecule has 4 heteroatoms. The van der Waals surface area contributed by atoms with Crippen LogP contribution in [0.25, 0.3) is 0 Å². The van der Waals surface area contributed by atoms with Crippen LogP contribution in [-0.4, -0.2) is 26.5 Å². The number of methoxy groups -OCH3 is 1. The summed E-state index contributed by atoms with van der Waals surface area (Å²) in [5, 5.41) is 0. The van der Waals surface area contributed by atoms with E-state index >= 15 is 0 Å². The van der Waals surface area contributed by atoms with Gasteiger partial charge in [-0.25, -0.2) is 0 Å². The molecule has 3 nitrogen and oxygen atoms in total. The van der Waals surface area contributed by atoms with E-state index in [1.165, 1.54) is 5.56 Å². The minimum Gasteiger partial charge on any atom is -0.497 e. The van der Waals surface area contributed by atoms with Crippen LogP contribution in [0.2, 0.25) is 0 Å². The highest BCUT2D eigenvalue weighted by molar-refractivity contribution is 6.34. The lowest BCUT2D eigenvalue weighted by Gasteiger charge is -2.21. The molecule has 1 aromatic carbocycles. The average Bonchev–Trinajstić information content (AvgIpc) is 3.15. The number of carbonyl (C=O) groups is 1. The molecule has 0 atom stereocenters. The van der Waals surface area contributed by atoms with Crippen LogP contribution in [0.1, 0.15) is 52.0 Å². The molecule has 1 aromatic rings. The van der Waals surface area contributed by atoms with Gasteiger partial charge in [0.05, 0.1) is 7.11 Å². The molecule has 2 radical (unpaired) electrons. The fourth-order valence-electron chi connectivity index (χ4n) is 2.63. The lowest BCUT2D eigenvalue weighted by atomic mass is 9.85. The smallest absolute Gasteiger partial charge is 0.306 e. The lowest BCUT2D eigenvalue weighted by molar-refractivity contribution is -0.155. The van der Waals surface area contributed by atoms with Crippen LogP contribution < -0.4 is 10.2 Å². The zero-order valence-electron chi connectivity index (χ0n) is 13.4. The molecule has 0 bridgehead atoms. The molecule has 1 aliphatic rings. The maximum Gasteiger partial charge on any atom is 0.306 e. The van der Waals surface area contributed by atoms with Crippen LogP contribution in [0.15, 0.2) is 18.2 Å². The Hall–Kier alpha value is -1.45. The van der Waals surface area contributed by atoms with E-state index in [-0.39, 0.29) is 11.4 Å². The van der Waals surface area contributed by atoms with Crippen LogP contribution in [0, 0.1) is 0 Å². The number of carbonyl (C=O) groups excluding carboxylic acids is 1. The van der Waals surface area contributed by atoms with Gasteiger partial charge in [-0.05, 0) is 57.1 Å². The molecule has 1 aliphatic carbocycles. The maximum absolute atomic E-state index is 11.9. The Morgan fingerprint density at radius 2 is 2.00 bits per heavy atom. The second kappa shape index (κ2) is 5.74. The van der Waals surface area contributed by atoms with Crippen LogP contribution >= 0.6 is 0 Å². The van der Waals surface area contributed by atoms with Crippen molar-refractivity contribution in [2.75, 3.05) is 7.11 Å². The van der Waals surface area contributed by atoms with E-state index in [4.69, 9.17) is 17.3 Å². The Bertz CT molecular complexity index is 527. The molecule has 112 valence electrons. The highest BCUT2D eigenvalue weighted by atomic mass is 16.6. The summed E-state index contributed by atoms with van der Waals surface area (Å²) in [5.41, 5.74) is 1.53. The number of hydrogen-bond donors (Lipinski definition) is 0. The van der Waals surface area contributed by atoms with E-state index < -0.39 is 5.60 Å². The summed E-state index contributed by atoms with van der Waals surface area (Å²) in [4.78, 5) is 11.9. The highest BCUT2D eigenvalue weighted by Gasteiger charge is 2.44. The Morgan fingerprint density at radius 3 is 2.48 bits per heavy atom. The van der Waals surface area contributed by atoms with Crippen molar-refractivity contribution < 1.29 is 14.3 Å². The molecular formula is C17H23BO3. The summed E-state index contributed by atoms with van der Waals surface area (Å²) >= 11 is 0. The van der Waals surface area contributed by atoms with Crippen molar-refractivity contribution in [3.8, 4) is 5.75 Å². The molecular weight excluding hydrogens is 263 g/mol. The van der Waals surface area contributed by atoms with Gasteiger partial charge in [-0.3, -0.25) is 4.79 Å². The zero-order chi connectivity index (χ0) is 15.7. The van der Waals surface area contributed by atoms with Gasteiger partial charge in [0.25, 0.3) is 0 Å². The van der Waals surface area contributed by atoms with Crippen molar-refractivity contribution in [1.29, 1.82) is 0 Å². The van der Waals surface area contributed by atoms with Crippen LogP contribution in [0.5, 0.6) is 5.75 Å². The standard InChI is InChI=1S/C17H23BO3/c1-16(2,3)21-15(19)7-8-17(9-10-17)12-5-6-14(20-4)13(18)11-12/h5-6,11H,7-10H2,1-4H3. The van der Waals surface area contributed by atoms with Crippen molar-refractivity contribution in [1.82, 2.24) is 0 Å². The molecule has 0 aliphatic heterocycles. The first kappa shape index (κ1) is 15.9. The van der Waals surface area contributed by atoms with E-state index in [0.29, 0.717) is 17.6 Å². The second-order valence-corrected chi connectivity index (χ2v) is 6.82. The van der Waals surface area contributed by atoms with Gasteiger partial charge in [0.1, 0.15) is 19.2 Å². The normalized spacial score (nSPS) is 16.4. The van der Waals surface area contributed by atoms with Crippen LogP contribution in [-0.2, 0) is 14.9 Å². The van der Waals surface area contributed by atoms with Gasteiger partial charge >= 0.3 is 5.97 Å². The Labute approximate surface area is 128 Å². The van der Waals surface area contributed by atoms with E-state index in [1.54, 1.807) is 7.11 Å². The molecule has 0 saturated heterocycles. The second-order valence-electron chi connectivity index (χ2n) is 6.82.